The summed E-state index contributed by atoms with van der Waals surface area (Å²) >= 11 is 2.92. The maximum Gasteiger partial charge on any atom is 0.263 e. The van der Waals surface area contributed by atoms with Crippen molar-refractivity contribution in [2.75, 3.05) is 5.32 Å². The van der Waals surface area contributed by atoms with Gasteiger partial charge in [0.1, 0.15) is 10.6 Å². The van der Waals surface area contributed by atoms with Crippen LogP contribution in [0.25, 0.3) is 10.2 Å². The van der Waals surface area contributed by atoms with Crippen molar-refractivity contribution in [2.24, 2.45) is 0 Å². The number of fused-ring (bicyclic) bond motifs is 3. The molecule has 1 amide bonds. The van der Waals surface area contributed by atoms with Gasteiger partial charge in [-0.1, -0.05) is 17.8 Å². The molecular formula is C22H27N5O2S2. The van der Waals surface area contributed by atoms with Crippen LogP contribution in [0.5, 0.6) is 0 Å². The first-order valence-electron chi connectivity index (χ1n) is 10.6. The van der Waals surface area contributed by atoms with E-state index in [4.69, 9.17) is 4.98 Å². The number of aromatic nitrogens is 4. The molecule has 1 N–H and O–H groups in total. The number of nitrogens with zero attached hydrogens (tertiary/aromatic N) is 4. The van der Waals surface area contributed by atoms with Crippen molar-refractivity contribution >= 4 is 45.0 Å². The van der Waals surface area contributed by atoms with E-state index in [1.54, 1.807) is 38.9 Å². The lowest BCUT2D eigenvalue weighted by Gasteiger charge is -2.16. The van der Waals surface area contributed by atoms with E-state index >= 15 is 0 Å². The van der Waals surface area contributed by atoms with Crippen LogP contribution in [0.4, 0.5) is 5.82 Å². The van der Waals surface area contributed by atoms with Gasteiger partial charge in [-0.2, -0.15) is 5.10 Å². The predicted octanol–water partition coefficient (Wildman–Crippen LogP) is 4.42. The van der Waals surface area contributed by atoms with Crippen molar-refractivity contribution in [3.63, 3.8) is 0 Å². The number of hydrogen-bond donors (Lipinski definition) is 1. The monoisotopic (exact) mass is 457 g/mol. The summed E-state index contributed by atoms with van der Waals surface area (Å²) in [6.07, 6.45) is 7.59. The van der Waals surface area contributed by atoms with Gasteiger partial charge in [0.15, 0.2) is 5.16 Å². The lowest BCUT2D eigenvalue weighted by molar-refractivity contribution is -0.115. The van der Waals surface area contributed by atoms with E-state index in [0.717, 1.165) is 35.9 Å². The second kappa shape index (κ2) is 9.00. The van der Waals surface area contributed by atoms with Crippen LogP contribution in [0.1, 0.15) is 50.1 Å². The number of anilines is 1. The molecule has 0 aromatic carbocycles. The lowest BCUT2D eigenvalue weighted by Crippen LogP contribution is -2.27. The zero-order valence-corrected chi connectivity index (χ0v) is 19.7. The van der Waals surface area contributed by atoms with Crippen molar-refractivity contribution in [3.8, 4) is 0 Å². The van der Waals surface area contributed by atoms with E-state index in [0.29, 0.717) is 17.5 Å². The van der Waals surface area contributed by atoms with Crippen molar-refractivity contribution in [3.05, 3.63) is 45.7 Å². The fourth-order valence-electron chi connectivity index (χ4n) is 3.86. The number of allylic oxidation sites excluding steroid dienone is 1. The maximum absolute atomic E-state index is 13.4. The molecule has 0 radical (unpaired) electrons. The zero-order valence-electron chi connectivity index (χ0n) is 18.1. The van der Waals surface area contributed by atoms with Crippen LogP contribution in [0.2, 0.25) is 0 Å². The first-order chi connectivity index (χ1) is 14.9. The molecule has 3 aromatic heterocycles. The molecule has 3 aromatic rings. The second-order valence-electron chi connectivity index (χ2n) is 7.99. The van der Waals surface area contributed by atoms with E-state index < -0.39 is 5.25 Å². The summed E-state index contributed by atoms with van der Waals surface area (Å²) < 4.78 is 3.41. The van der Waals surface area contributed by atoms with E-state index in [1.807, 2.05) is 20.8 Å². The molecule has 0 spiro atoms. The van der Waals surface area contributed by atoms with E-state index in [9.17, 15) is 9.59 Å². The topological polar surface area (TPSA) is 81.8 Å². The number of aryl methyl sites for hydroxylation is 2. The SMILES string of the molecule is C=CCn1c(SC(C)C(=O)Nc2ccnn2C(C)C)nc2sc3c(c2c1=O)CCCC3. The molecule has 1 aliphatic carbocycles. The van der Waals surface area contributed by atoms with Crippen LogP contribution in [-0.4, -0.2) is 30.5 Å². The Bertz CT molecular complexity index is 1190. The summed E-state index contributed by atoms with van der Waals surface area (Å²) in [6, 6.07) is 1.92. The number of rotatable bonds is 7. The quantitative estimate of drug-likeness (QED) is 0.323. The van der Waals surface area contributed by atoms with Crippen molar-refractivity contribution in [1.29, 1.82) is 0 Å². The minimum Gasteiger partial charge on any atom is -0.310 e. The molecule has 7 nitrogen and oxygen atoms in total. The highest BCUT2D eigenvalue weighted by atomic mass is 32.2. The smallest absolute Gasteiger partial charge is 0.263 e. The number of amides is 1. The fraction of sp³-hybridized carbons (Fsp3) is 0.455. The van der Waals surface area contributed by atoms with Gasteiger partial charge in [-0.3, -0.25) is 14.2 Å². The molecule has 31 heavy (non-hydrogen) atoms. The number of carbonyl (C=O) groups is 1. The first kappa shape index (κ1) is 21.8. The average Bonchev–Trinajstić information content (AvgIpc) is 3.35. The Labute approximate surface area is 189 Å². The molecule has 0 fully saturated rings. The maximum atomic E-state index is 13.4. The van der Waals surface area contributed by atoms with E-state index in [2.05, 4.69) is 17.0 Å². The molecular weight excluding hydrogens is 430 g/mol. The van der Waals surface area contributed by atoms with Crippen LogP contribution in [0.3, 0.4) is 0 Å². The normalized spacial score (nSPS) is 14.6. The van der Waals surface area contributed by atoms with Gasteiger partial charge in [-0.15, -0.1) is 17.9 Å². The Morgan fingerprint density at radius 2 is 2.13 bits per heavy atom. The van der Waals surface area contributed by atoms with Gasteiger partial charge >= 0.3 is 0 Å². The molecule has 164 valence electrons. The Hall–Kier alpha value is -2.39. The molecule has 0 aliphatic heterocycles. The minimum absolute atomic E-state index is 0.0303. The van der Waals surface area contributed by atoms with Crippen LogP contribution in [0, 0.1) is 0 Å². The van der Waals surface area contributed by atoms with Crippen molar-refractivity contribution < 1.29 is 4.79 Å². The number of thioether (sulfide) groups is 1. The fourth-order valence-corrected chi connectivity index (χ4v) is 6.08. The number of nitrogens with one attached hydrogen (secondary N) is 1. The molecule has 9 heteroatoms. The Morgan fingerprint density at radius 3 is 2.87 bits per heavy atom. The van der Waals surface area contributed by atoms with Gasteiger partial charge in [0.2, 0.25) is 5.91 Å². The van der Waals surface area contributed by atoms with Gasteiger partial charge in [-0.05, 0) is 52.0 Å². The molecule has 1 unspecified atom stereocenters. The van der Waals surface area contributed by atoms with Crippen molar-refractivity contribution in [1.82, 2.24) is 19.3 Å². The number of carbonyl (C=O) groups excluding carboxylic acids is 1. The predicted molar refractivity (Wildman–Crippen MR) is 127 cm³/mol. The molecule has 0 saturated carbocycles. The van der Waals surface area contributed by atoms with Crippen LogP contribution in [0.15, 0.2) is 34.9 Å². The molecule has 4 rings (SSSR count). The Morgan fingerprint density at radius 1 is 1.35 bits per heavy atom. The third-order valence-corrected chi connectivity index (χ3v) is 7.69. The zero-order chi connectivity index (χ0) is 22.1. The van der Waals surface area contributed by atoms with Crippen LogP contribution < -0.4 is 10.9 Å². The second-order valence-corrected chi connectivity index (χ2v) is 10.4. The van der Waals surface area contributed by atoms with Crippen LogP contribution in [-0.2, 0) is 24.2 Å². The molecule has 0 saturated heterocycles. The molecule has 1 atom stereocenters. The molecule has 1 aliphatic rings. The third kappa shape index (κ3) is 4.21. The summed E-state index contributed by atoms with van der Waals surface area (Å²) in [5.74, 6) is 0.502. The Balaban J connectivity index is 1.64. The number of thiophene rings is 1. The highest BCUT2D eigenvalue weighted by molar-refractivity contribution is 8.00. The van der Waals surface area contributed by atoms with Crippen LogP contribution >= 0.6 is 23.1 Å². The van der Waals surface area contributed by atoms with Gasteiger partial charge in [-0.25, -0.2) is 9.67 Å². The van der Waals surface area contributed by atoms with Crippen molar-refractivity contribution in [2.45, 2.75) is 69.4 Å². The van der Waals surface area contributed by atoms with Gasteiger partial charge < -0.3 is 5.32 Å². The minimum atomic E-state index is -0.439. The summed E-state index contributed by atoms with van der Waals surface area (Å²) in [5.41, 5.74) is 1.14. The van der Waals surface area contributed by atoms with Gasteiger partial charge in [0, 0.05) is 23.5 Å². The summed E-state index contributed by atoms with van der Waals surface area (Å²) in [6.45, 7) is 10.0. The number of hydrogen-bond acceptors (Lipinski definition) is 6. The van der Waals surface area contributed by atoms with Gasteiger partial charge in [0.05, 0.1) is 16.8 Å². The van der Waals surface area contributed by atoms with E-state index in [-0.39, 0.29) is 17.5 Å². The Kier molecular flexibility index (Phi) is 6.34. The first-order valence-corrected chi connectivity index (χ1v) is 12.3. The summed E-state index contributed by atoms with van der Waals surface area (Å²) in [5, 5.41) is 8.06. The van der Waals surface area contributed by atoms with E-state index in [1.165, 1.54) is 22.2 Å². The largest absolute Gasteiger partial charge is 0.310 e. The summed E-state index contributed by atoms with van der Waals surface area (Å²) in [7, 11) is 0. The highest BCUT2D eigenvalue weighted by Crippen LogP contribution is 2.35. The summed E-state index contributed by atoms with van der Waals surface area (Å²) in [4.78, 5) is 33.1. The molecule has 3 heterocycles. The standard InChI is InChI=1S/C22H27N5O2S2/c1-5-12-26-21(29)18-15-8-6-7-9-16(15)31-20(18)25-22(26)30-14(4)19(28)24-17-10-11-23-27(17)13(2)3/h5,10-11,13-14H,1,6-9,12H2,2-4H3,(H,24,28). The molecule has 0 bridgehead atoms. The lowest BCUT2D eigenvalue weighted by atomic mass is 9.97. The highest BCUT2D eigenvalue weighted by Gasteiger charge is 2.24. The van der Waals surface area contributed by atoms with Gasteiger partial charge in [0.25, 0.3) is 5.56 Å². The average molecular weight is 458 g/mol. The third-order valence-electron chi connectivity index (χ3n) is 5.41.